The first-order chi connectivity index (χ1) is 10.0. The smallest absolute Gasteiger partial charge is 0.343 e. The van der Waals surface area contributed by atoms with Gasteiger partial charge in [-0.15, -0.1) is 0 Å². The van der Waals surface area contributed by atoms with Gasteiger partial charge < -0.3 is 15.2 Å². The van der Waals surface area contributed by atoms with Crippen LogP contribution >= 0.6 is 0 Å². The number of nitrogen functional groups attached to an aromatic ring is 1. The fourth-order valence-corrected chi connectivity index (χ4v) is 2.30. The van der Waals surface area contributed by atoms with E-state index in [2.05, 4.69) is 18.2 Å². The summed E-state index contributed by atoms with van der Waals surface area (Å²) in [5, 5.41) is 0. The van der Waals surface area contributed by atoms with Crippen molar-refractivity contribution in [3.05, 3.63) is 58.7 Å². The highest BCUT2D eigenvalue weighted by Gasteiger charge is 2.16. The highest BCUT2D eigenvalue weighted by Crippen LogP contribution is 2.26. The van der Waals surface area contributed by atoms with Crippen LogP contribution < -0.4 is 10.5 Å². The van der Waals surface area contributed by atoms with E-state index in [1.165, 1.54) is 18.2 Å². The standard InChI is InChI=1S/C17H19NO3/c1-11-7-12(2)9-13(8-11)10-21-15-6-4-5-14(18)16(15)17(19)20-3/h4-9H,10,18H2,1-3H3. The quantitative estimate of drug-likeness (QED) is 0.692. The topological polar surface area (TPSA) is 61.5 Å². The molecule has 0 saturated heterocycles. The van der Waals surface area contributed by atoms with Gasteiger partial charge in [0.15, 0.2) is 0 Å². The summed E-state index contributed by atoms with van der Waals surface area (Å²) in [7, 11) is 1.32. The molecular weight excluding hydrogens is 266 g/mol. The van der Waals surface area contributed by atoms with Crippen LogP contribution in [0.1, 0.15) is 27.0 Å². The minimum atomic E-state index is -0.497. The lowest BCUT2D eigenvalue weighted by molar-refractivity contribution is 0.0597. The normalized spacial score (nSPS) is 10.2. The maximum atomic E-state index is 11.8. The predicted octanol–water partition coefficient (Wildman–Crippen LogP) is 3.25. The van der Waals surface area contributed by atoms with E-state index in [1.807, 2.05) is 13.8 Å². The maximum absolute atomic E-state index is 11.8. The van der Waals surface area contributed by atoms with E-state index in [0.717, 1.165) is 5.56 Å². The summed E-state index contributed by atoms with van der Waals surface area (Å²) in [5.74, 6) is -0.0652. The Morgan fingerprint density at radius 1 is 1.14 bits per heavy atom. The summed E-state index contributed by atoms with van der Waals surface area (Å²) < 4.78 is 10.5. The van der Waals surface area contributed by atoms with Gasteiger partial charge >= 0.3 is 5.97 Å². The van der Waals surface area contributed by atoms with Crippen LogP contribution in [0.3, 0.4) is 0 Å². The molecular formula is C17H19NO3. The van der Waals surface area contributed by atoms with E-state index in [-0.39, 0.29) is 5.56 Å². The van der Waals surface area contributed by atoms with E-state index in [1.54, 1.807) is 18.2 Å². The van der Waals surface area contributed by atoms with Gasteiger partial charge in [0.1, 0.15) is 17.9 Å². The third-order valence-corrected chi connectivity index (χ3v) is 3.12. The molecule has 2 rings (SSSR count). The molecule has 0 aliphatic heterocycles. The van der Waals surface area contributed by atoms with Crippen LogP contribution in [-0.2, 0) is 11.3 Å². The first-order valence-corrected chi connectivity index (χ1v) is 6.68. The van der Waals surface area contributed by atoms with Gasteiger partial charge in [-0.05, 0) is 31.5 Å². The molecule has 2 aromatic rings. The Morgan fingerprint density at radius 3 is 2.43 bits per heavy atom. The van der Waals surface area contributed by atoms with Gasteiger partial charge in [0.2, 0.25) is 0 Å². The molecule has 2 N–H and O–H groups in total. The van der Waals surface area contributed by atoms with Crippen LogP contribution in [0.15, 0.2) is 36.4 Å². The van der Waals surface area contributed by atoms with E-state index in [4.69, 9.17) is 15.2 Å². The van der Waals surface area contributed by atoms with Crippen molar-refractivity contribution in [2.75, 3.05) is 12.8 Å². The van der Waals surface area contributed by atoms with Crippen LogP contribution in [0.2, 0.25) is 0 Å². The molecule has 0 saturated carbocycles. The van der Waals surface area contributed by atoms with Crippen molar-refractivity contribution in [2.24, 2.45) is 0 Å². The molecule has 0 unspecified atom stereocenters. The second-order valence-corrected chi connectivity index (χ2v) is 5.00. The average Bonchev–Trinajstić information content (AvgIpc) is 2.43. The Balaban J connectivity index is 2.24. The molecule has 0 heterocycles. The molecule has 4 heteroatoms. The predicted molar refractivity (Wildman–Crippen MR) is 82.4 cm³/mol. The highest BCUT2D eigenvalue weighted by molar-refractivity contribution is 5.98. The molecule has 0 radical (unpaired) electrons. The molecule has 2 aromatic carbocycles. The van der Waals surface area contributed by atoms with Crippen LogP contribution in [0.5, 0.6) is 5.75 Å². The number of anilines is 1. The number of nitrogens with two attached hydrogens (primary N) is 1. The molecule has 110 valence electrons. The Kier molecular flexibility index (Phi) is 4.48. The van der Waals surface area contributed by atoms with Crippen molar-refractivity contribution in [1.82, 2.24) is 0 Å². The van der Waals surface area contributed by atoms with E-state index >= 15 is 0 Å². The molecule has 4 nitrogen and oxygen atoms in total. The van der Waals surface area contributed by atoms with Crippen LogP contribution in [0, 0.1) is 13.8 Å². The van der Waals surface area contributed by atoms with Crippen molar-refractivity contribution < 1.29 is 14.3 Å². The van der Waals surface area contributed by atoms with Crippen LogP contribution in [0.25, 0.3) is 0 Å². The monoisotopic (exact) mass is 285 g/mol. The van der Waals surface area contributed by atoms with Gasteiger partial charge in [0.05, 0.1) is 7.11 Å². The maximum Gasteiger partial charge on any atom is 0.343 e. The summed E-state index contributed by atoms with van der Waals surface area (Å²) >= 11 is 0. The Morgan fingerprint density at radius 2 is 1.81 bits per heavy atom. The number of carbonyl (C=O) groups excluding carboxylic acids is 1. The number of hydrogen-bond acceptors (Lipinski definition) is 4. The zero-order chi connectivity index (χ0) is 15.4. The molecule has 0 spiro atoms. The first kappa shape index (κ1) is 14.9. The summed E-state index contributed by atoms with van der Waals surface area (Å²) in [5.41, 5.74) is 9.85. The number of aryl methyl sites for hydroxylation is 2. The molecule has 0 amide bonds. The summed E-state index contributed by atoms with van der Waals surface area (Å²) in [6.45, 7) is 4.45. The van der Waals surface area contributed by atoms with Gasteiger partial charge in [0, 0.05) is 5.69 Å². The van der Waals surface area contributed by atoms with Crippen LogP contribution in [0.4, 0.5) is 5.69 Å². The van der Waals surface area contributed by atoms with E-state index in [9.17, 15) is 4.79 Å². The fraction of sp³-hybridized carbons (Fsp3) is 0.235. The summed E-state index contributed by atoms with van der Waals surface area (Å²) in [4.78, 5) is 11.8. The molecule has 0 atom stereocenters. The first-order valence-electron chi connectivity index (χ1n) is 6.68. The van der Waals surface area contributed by atoms with E-state index in [0.29, 0.717) is 18.0 Å². The average molecular weight is 285 g/mol. The van der Waals surface area contributed by atoms with Crippen LogP contribution in [-0.4, -0.2) is 13.1 Å². The van der Waals surface area contributed by atoms with Gasteiger partial charge in [-0.25, -0.2) is 4.79 Å². The Bertz CT molecular complexity index is 645. The fourth-order valence-electron chi connectivity index (χ4n) is 2.30. The molecule has 0 fully saturated rings. The highest BCUT2D eigenvalue weighted by atomic mass is 16.5. The molecule has 0 aliphatic rings. The largest absolute Gasteiger partial charge is 0.488 e. The third kappa shape index (κ3) is 3.54. The lowest BCUT2D eigenvalue weighted by atomic mass is 10.1. The van der Waals surface area contributed by atoms with Crippen molar-refractivity contribution >= 4 is 11.7 Å². The second-order valence-electron chi connectivity index (χ2n) is 5.00. The molecule has 0 bridgehead atoms. The number of hydrogen-bond donors (Lipinski definition) is 1. The van der Waals surface area contributed by atoms with Gasteiger partial charge in [-0.3, -0.25) is 0 Å². The Labute approximate surface area is 124 Å². The second kappa shape index (κ2) is 6.31. The number of rotatable bonds is 4. The number of benzene rings is 2. The molecule has 0 aliphatic carbocycles. The minimum Gasteiger partial charge on any atom is -0.488 e. The van der Waals surface area contributed by atoms with Gasteiger partial charge in [0.25, 0.3) is 0 Å². The van der Waals surface area contributed by atoms with Crippen molar-refractivity contribution in [1.29, 1.82) is 0 Å². The lowest BCUT2D eigenvalue weighted by Crippen LogP contribution is -2.09. The number of esters is 1. The van der Waals surface area contributed by atoms with Crippen molar-refractivity contribution in [3.8, 4) is 5.75 Å². The Hall–Kier alpha value is -2.49. The molecule has 21 heavy (non-hydrogen) atoms. The minimum absolute atomic E-state index is 0.268. The molecule has 0 aromatic heterocycles. The van der Waals surface area contributed by atoms with Crippen molar-refractivity contribution in [3.63, 3.8) is 0 Å². The zero-order valence-corrected chi connectivity index (χ0v) is 12.5. The lowest BCUT2D eigenvalue weighted by Gasteiger charge is -2.12. The van der Waals surface area contributed by atoms with Gasteiger partial charge in [-0.2, -0.15) is 0 Å². The number of carbonyl (C=O) groups is 1. The zero-order valence-electron chi connectivity index (χ0n) is 12.5. The number of ether oxygens (including phenoxy) is 2. The number of methoxy groups -OCH3 is 1. The SMILES string of the molecule is COC(=O)c1c(N)cccc1OCc1cc(C)cc(C)c1. The third-order valence-electron chi connectivity index (χ3n) is 3.12. The summed E-state index contributed by atoms with van der Waals surface area (Å²) in [6, 6.07) is 11.3. The van der Waals surface area contributed by atoms with Gasteiger partial charge in [-0.1, -0.05) is 35.4 Å². The van der Waals surface area contributed by atoms with E-state index < -0.39 is 5.97 Å². The van der Waals surface area contributed by atoms with Crippen molar-refractivity contribution in [2.45, 2.75) is 20.5 Å². The summed E-state index contributed by atoms with van der Waals surface area (Å²) in [6.07, 6.45) is 0.